The molecule has 4 rings (SSSR count). The minimum Gasteiger partial charge on any atom is -0.472 e. The zero-order chi connectivity index (χ0) is 25.8. The van der Waals surface area contributed by atoms with Crippen LogP contribution < -0.4 is 10.1 Å². The minimum atomic E-state index is -0.481. The van der Waals surface area contributed by atoms with Crippen LogP contribution in [-0.4, -0.2) is 70.7 Å². The Morgan fingerprint density at radius 1 is 1.36 bits per heavy atom. The molecule has 1 aromatic carbocycles. The summed E-state index contributed by atoms with van der Waals surface area (Å²) in [6.07, 6.45) is 3.30. The largest absolute Gasteiger partial charge is 0.472 e. The van der Waals surface area contributed by atoms with E-state index in [1.54, 1.807) is 31.1 Å². The summed E-state index contributed by atoms with van der Waals surface area (Å²) < 4.78 is 19.4. The highest BCUT2D eigenvalue weighted by Crippen LogP contribution is 2.29. The van der Waals surface area contributed by atoms with Crippen LogP contribution >= 0.6 is 0 Å². The van der Waals surface area contributed by atoms with Gasteiger partial charge in [-0.05, 0) is 50.1 Å². The zero-order valence-corrected chi connectivity index (χ0v) is 20.7. The number of urea groups is 1. The van der Waals surface area contributed by atoms with Crippen molar-refractivity contribution < 1.29 is 23.8 Å². The maximum Gasteiger partial charge on any atom is 0.321 e. The summed E-state index contributed by atoms with van der Waals surface area (Å²) in [6.45, 7) is 4.08. The van der Waals surface area contributed by atoms with E-state index >= 15 is 0 Å². The standard InChI is InChI=1S/C27H31FN4O4/c1-17-14-32(18(2)16-33)26(34)23-12-20(7-6-19-4-5-19)13-29-25(23)36-24(17)15-31(3)27(35)30-22-10-8-21(28)9-11-22/h8-13,17-19,24,33H,4-5,14-16H2,1-3H3,(H,30,35)/t17-,18-,24+/m1/s1. The van der Waals surface area contributed by atoms with Gasteiger partial charge in [-0.1, -0.05) is 18.8 Å². The summed E-state index contributed by atoms with van der Waals surface area (Å²) in [5, 5.41) is 12.5. The normalized spacial score (nSPS) is 20.1. The Kier molecular flexibility index (Phi) is 7.75. The van der Waals surface area contributed by atoms with Gasteiger partial charge in [0.25, 0.3) is 5.91 Å². The Labute approximate surface area is 210 Å². The van der Waals surface area contributed by atoms with E-state index in [0.717, 1.165) is 12.8 Å². The highest BCUT2D eigenvalue weighted by molar-refractivity contribution is 5.97. The molecule has 1 aliphatic carbocycles. The van der Waals surface area contributed by atoms with Crippen molar-refractivity contribution in [2.75, 3.05) is 32.1 Å². The van der Waals surface area contributed by atoms with E-state index < -0.39 is 12.1 Å². The number of hydrogen-bond donors (Lipinski definition) is 2. The van der Waals surface area contributed by atoms with Gasteiger partial charge in [-0.15, -0.1) is 0 Å². The molecule has 1 aliphatic heterocycles. The van der Waals surface area contributed by atoms with Crippen molar-refractivity contribution in [3.63, 3.8) is 0 Å². The van der Waals surface area contributed by atoms with E-state index in [0.29, 0.717) is 23.7 Å². The third-order valence-electron chi connectivity index (χ3n) is 6.42. The lowest BCUT2D eigenvalue weighted by Crippen LogP contribution is -2.50. The average molecular weight is 495 g/mol. The number of amides is 3. The van der Waals surface area contributed by atoms with Gasteiger partial charge in [0.1, 0.15) is 17.5 Å². The molecule has 0 saturated heterocycles. The predicted octanol–water partition coefficient (Wildman–Crippen LogP) is 3.37. The summed E-state index contributed by atoms with van der Waals surface area (Å²) in [5.41, 5.74) is 1.39. The molecular formula is C27H31FN4O4. The van der Waals surface area contributed by atoms with E-state index in [2.05, 4.69) is 22.1 Å². The summed E-state index contributed by atoms with van der Waals surface area (Å²) in [4.78, 5) is 33.7. The van der Waals surface area contributed by atoms with E-state index in [1.807, 2.05) is 6.92 Å². The van der Waals surface area contributed by atoms with Gasteiger partial charge in [0.15, 0.2) is 0 Å². The molecule has 0 bridgehead atoms. The lowest BCUT2D eigenvalue weighted by atomic mass is 10.00. The number of carbonyl (C=O) groups excluding carboxylic acids is 2. The Morgan fingerprint density at radius 3 is 2.75 bits per heavy atom. The minimum absolute atomic E-state index is 0.173. The number of rotatable bonds is 5. The third-order valence-corrected chi connectivity index (χ3v) is 6.42. The number of fused-ring (bicyclic) bond motifs is 1. The van der Waals surface area contributed by atoms with E-state index in [9.17, 15) is 19.1 Å². The number of nitrogens with zero attached hydrogens (tertiary/aromatic N) is 3. The molecule has 0 spiro atoms. The lowest BCUT2D eigenvalue weighted by Gasteiger charge is -2.37. The molecule has 2 aromatic rings. The van der Waals surface area contributed by atoms with Gasteiger partial charge in [0.05, 0.1) is 19.2 Å². The number of aromatic nitrogens is 1. The second kappa shape index (κ2) is 11.0. The van der Waals surface area contributed by atoms with Crippen molar-refractivity contribution in [1.82, 2.24) is 14.8 Å². The molecular weight excluding hydrogens is 463 g/mol. The van der Waals surface area contributed by atoms with Gasteiger partial charge in [0, 0.05) is 42.9 Å². The number of benzene rings is 1. The molecule has 3 atom stereocenters. The number of carbonyl (C=O) groups is 2. The fraction of sp³-hybridized carbons (Fsp3) is 0.444. The van der Waals surface area contributed by atoms with Gasteiger partial charge in [-0.25, -0.2) is 14.2 Å². The first-order valence-electron chi connectivity index (χ1n) is 12.1. The summed E-state index contributed by atoms with van der Waals surface area (Å²) in [5.74, 6) is 6.02. The van der Waals surface area contributed by atoms with Crippen LogP contribution in [0.3, 0.4) is 0 Å². The average Bonchev–Trinajstić information content (AvgIpc) is 3.70. The fourth-order valence-electron chi connectivity index (χ4n) is 3.91. The van der Waals surface area contributed by atoms with Crippen molar-refractivity contribution in [3.8, 4) is 17.7 Å². The van der Waals surface area contributed by atoms with Crippen molar-refractivity contribution in [3.05, 3.63) is 53.5 Å². The van der Waals surface area contributed by atoms with Gasteiger partial charge < -0.3 is 25.0 Å². The molecule has 2 heterocycles. The second-order valence-electron chi connectivity index (χ2n) is 9.56. The van der Waals surface area contributed by atoms with Crippen LogP contribution in [0.15, 0.2) is 36.5 Å². The number of nitrogens with one attached hydrogen (secondary N) is 1. The van der Waals surface area contributed by atoms with Crippen molar-refractivity contribution in [1.29, 1.82) is 0 Å². The Balaban J connectivity index is 1.57. The van der Waals surface area contributed by atoms with Crippen molar-refractivity contribution in [2.24, 2.45) is 11.8 Å². The first-order valence-corrected chi connectivity index (χ1v) is 12.1. The number of aliphatic hydroxyl groups excluding tert-OH is 1. The van der Waals surface area contributed by atoms with Gasteiger partial charge in [-0.2, -0.15) is 0 Å². The topological polar surface area (TPSA) is 95.0 Å². The van der Waals surface area contributed by atoms with Gasteiger partial charge in [0.2, 0.25) is 5.88 Å². The SMILES string of the molecule is C[C@@H]1CN([C@H](C)CO)C(=O)c2cc(C#CC3CC3)cnc2O[C@H]1CN(C)C(=O)Nc1ccc(F)cc1. The molecule has 0 unspecified atom stereocenters. The van der Waals surface area contributed by atoms with Crippen LogP contribution in [-0.2, 0) is 0 Å². The molecule has 1 fully saturated rings. The van der Waals surface area contributed by atoms with E-state index in [1.165, 1.54) is 29.2 Å². The Bertz CT molecular complexity index is 1170. The Hall–Kier alpha value is -3.64. The summed E-state index contributed by atoms with van der Waals surface area (Å²) >= 11 is 0. The molecule has 1 aromatic heterocycles. The fourth-order valence-corrected chi connectivity index (χ4v) is 3.91. The van der Waals surface area contributed by atoms with Crippen LogP contribution in [0, 0.1) is 29.5 Å². The molecule has 8 nitrogen and oxygen atoms in total. The highest BCUT2D eigenvalue weighted by atomic mass is 19.1. The summed E-state index contributed by atoms with van der Waals surface area (Å²) in [7, 11) is 1.64. The molecule has 190 valence electrons. The second-order valence-corrected chi connectivity index (χ2v) is 9.56. The Morgan fingerprint density at radius 2 is 2.08 bits per heavy atom. The first kappa shape index (κ1) is 25.5. The van der Waals surface area contributed by atoms with Gasteiger partial charge >= 0.3 is 6.03 Å². The number of anilines is 1. The smallest absolute Gasteiger partial charge is 0.321 e. The summed E-state index contributed by atoms with van der Waals surface area (Å²) in [6, 6.07) is 6.42. The number of aliphatic hydroxyl groups is 1. The van der Waals surface area contributed by atoms with Crippen LogP contribution in [0.2, 0.25) is 0 Å². The monoisotopic (exact) mass is 494 g/mol. The molecule has 9 heteroatoms. The molecule has 2 aliphatic rings. The number of pyridine rings is 1. The number of ether oxygens (including phenoxy) is 1. The zero-order valence-electron chi connectivity index (χ0n) is 20.7. The van der Waals surface area contributed by atoms with Crippen molar-refractivity contribution >= 4 is 17.6 Å². The predicted molar refractivity (Wildman–Crippen MR) is 133 cm³/mol. The number of hydrogen-bond acceptors (Lipinski definition) is 5. The van der Waals surface area contributed by atoms with E-state index in [-0.39, 0.29) is 48.3 Å². The van der Waals surface area contributed by atoms with Crippen LogP contribution in [0.5, 0.6) is 5.88 Å². The lowest BCUT2D eigenvalue weighted by molar-refractivity contribution is 0.0356. The maximum absolute atomic E-state index is 13.4. The highest BCUT2D eigenvalue weighted by Gasteiger charge is 2.34. The molecule has 0 radical (unpaired) electrons. The molecule has 3 amide bonds. The van der Waals surface area contributed by atoms with Crippen LogP contribution in [0.1, 0.15) is 42.6 Å². The van der Waals surface area contributed by atoms with Crippen LogP contribution in [0.25, 0.3) is 0 Å². The quantitative estimate of drug-likeness (QED) is 0.622. The van der Waals surface area contributed by atoms with Gasteiger partial charge in [-0.3, -0.25) is 4.79 Å². The third kappa shape index (κ3) is 6.13. The van der Waals surface area contributed by atoms with Crippen LogP contribution in [0.4, 0.5) is 14.9 Å². The maximum atomic E-state index is 13.4. The molecule has 1 saturated carbocycles. The van der Waals surface area contributed by atoms with Crippen molar-refractivity contribution in [2.45, 2.75) is 38.8 Å². The molecule has 2 N–H and O–H groups in total. The number of likely N-dealkylation sites (N-methyl/N-ethyl adjacent to an activating group) is 1. The van der Waals surface area contributed by atoms with E-state index in [4.69, 9.17) is 4.74 Å². The molecule has 36 heavy (non-hydrogen) atoms. The first-order chi connectivity index (χ1) is 17.2. The number of halogens is 1.